The Morgan fingerprint density at radius 2 is 1.97 bits per heavy atom. The predicted octanol–water partition coefficient (Wildman–Crippen LogP) is 7.21. The maximum absolute atomic E-state index is 14.6. The van der Waals surface area contributed by atoms with Crippen molar-refractivity contribution < 1.29 is 9.13 Å². The highest BCUT2D eigenvalue weighted by molar-refractivity contribution is 6.33. The molecule has 1 aromatic heterocycles. The SMILES string of the molecule is CCCn1nc(N(c2ccc(OC)cc2Cl)[C@@H](CC2CC2)c2ccc(C)c(F)c2)nc1C.Cl. The van der Waals surface area contributed by atoms with Crippen molar-refractivity contribution >= 4 is 35.6 Å². The Morgan fingerprint density at radius 3 is 2.58 bits per heavy atom. The molecule has 1 fully saturated rings. The first kappa shape index (κ1) is 25.3. The molecule has 8 heteroatoms. The van der Waals surface area contributed by atoms with Gasteiger partial charge < -0.3 is 9.64 Å². The molecule has 0 aliphatic heterocycles. The normalized spacial score (nSPS) is 14.0. The summed E-state index contributed by atoms with van der Waals surface area (Å²) in [5.74, 6) is 2.50. The standard InChI is InChI=1S/C25H30ClFN4O.ClH/c1-5-12-30-17(3)28-25(29-30)31(23-11-10-20(32-4)15-21(23)26)24(13-18-7-8-18)19-9-6-16(2)22(27)14-19;/h6,9-11,14-15,18,24H,5,7-8,12-13H2,1-4H3;1H/t24-;/m0./s1. The predicted molar refractivity (Wildman–Crippen MR) is 134 cm³/mol. The first-order chi connectivity index (χ1) is 15.4. The Bertz CT molecular complexity index is 1100. The second-order valence-electron chi connectivity index (χ2n) is 8.57. The molecule has 33 heavy (non-hydrogen) atoms. The van der Waals surface area contributed by atoms with E-state index >= 15 is 0 Å². The Morgan fingerprint density at radius 1 is 1.21 bits per heavy atom. The highest BCUT2D eigenvalue weighted by Crippen LogP contribution is 2.46. The lowest BCUT2D eigenvalue weighted by atomic mass is 9.97. The van der Waals surface area contributed by atoms with Crippen molar-refractivity contribution in [2.45, 2.75) is 59.0 Å². The second-order valence-corrected chi connectivity index (χ2v) is 8.98. The van der Waals surface area contributed by atoms with Crippen molar-refractivity contribution in [3.05, 3.63) is 64.2 Å². The highest BCUT2D eigenvalue weighted by Gasteiger charge is 2.34. The maximum atomic E-state index is 14.6. The minimum atomic E-state index is -0.204. The quantitative estimate of drug-likeness (QED) is 0.316. The molecule has 1 aliphatic rings. The third-order valence-electron chi connectivity index (χ3n) is 6.06. The summed E-state index contributed by atoms with van der Waals surface area (Å²) in [6, 6.07) is 11.0. The van der Waals surface area contributed by atoms with Gasteiger partial charge in [0.15, 0.2) is 0 Å². The lowest BCUT2D eigenvalue weighted by Crippen LogP contribution is -2.26. The molecule has 1 heterocycles. The summed E-state index contributed by atoms with van der Waals surface area (Å²) in [6.07, 6.45) is 4.21. The number of hydrogen-bond donors (Lipinski definition) is 0. The van der Waals surface area contributed by atoms with Crippen molar-refractivity contribution in [3.63, 3.8) is 0 Å². The molecule has 5 nitrogen and oxygen atoms in total. The summed E-state index contributed by atoms with van der Waals surface area (Å²) in [5.41, 5.74) is 2.32. The van der Waals surface area contributed by atoms with Crippen molar-refractivity contribution in [2.24, 2.45) is 5.92 Å². The molecule has 4 rings (SSSR count). The van der Waals surface area contributed by atoms with Gasteiger partial charge in [-0.2, -0.15) is 4.98 Å². The molecule has 1 saturated carbocycles. The topological polar surface area (TPSA) is 43.2 Å². The van der Waals surface area contributed by atoms with Crippen LogP contribution >= 0.6 is 24.0 Å². The van der Waals surface area contributed by atoms with Crippen LogP contribution in [0.5, 0.6) is 5.75 Å². The van der Waals surface area contributed by atoms with Crippen molar-refractivity contribution in [1.82, 2.24) is 14.8 Å². The van der Waals surface area contributed by atoms with Gasteiger partial charge in [0.25, 0.3) is 0 Å². The van der Waals surface area contributed by atoms with Gasteiger partial charge in [-0.3, -0.25) is 0 Å². The van der Waals surface area contributed by atoms with E-state index in [0.717, 1.165) is 36.5 Å². The van der Waals surface area contributed by atoms with E-state index in [0.29, 0.717) is 28.2 Å². The number of aryl methyl sites for hydroxylation is 3. The van der Waals surface area contributed by atoms with Crippen molar-refractivity contribution in [1.29, 1.82) is 0 Å². The number of methoxy groups -OCH3 is 1. The third-order valence-corrected chi connectivity index (χ3v) is 6.36. The Kier molecular flexibility index (Phi) is 8.24. The fourth-order valence-electron chi connectivity index (χ4n) is 4.03. The molecule has 3 aromatic rings. The maximum Gasteiger partial charge on any atom is 0.250 e. The lowest BCUT2D eigenvalue weighted by Gasteiger charge is -2.32. The van der Waals surface area contributed by atoms with E-state index in [1.54, 1.807) is 26.2 Å². The zero-order valence-electron chi connectivity index (χ0n) is 19.5. The minimum Gasteiger partial charge on any atom is -0.497 e. The summed E-state index contributed by atoms with van der Waals surface area (Å²) >= 11 is 6.74. The minimum absolute atomic E-state index is 0. The van der Waals surface area contributed by atoms with E-state index in [1.807, 2.05) is 35.9 Å². The van der Waals surface area contributed by atoms with Crippen molar-refractivity contribution in [3.8, 4) is 5.75 Å². The van der Waals surface area contributed by atoms with Gasteiger partial charge in [0, 0.05) is 12.6 Å². The van der Waals surface area contributed by atoms with E-state index < -0.39 is 0 Å². The van der Waals surface area contributed by atoms with Crippen LogP contribution in [0, 0.1) is 25.6 Å². The Balaban J connectivity index is 0.00000306. The lowest BCUT2D eigenvalue weighted by molar-refractivity contribution is 0.415. The molecule has 1 aliphatic carbocycles. The van der Waals surface area contributed by atoms with E-state index in [-0.39, 0.29) is 24.3 Å². The molecule has 178 valence electrons. The van der Waals surface area contributed by atoms with E-state index in [9.17, 15) is 4.39 Å². The first-order valence-electron chi connectivity index (χ1n) is 11.2. The van der Waals surface area contributed by atoms with Crippen LogP contribution in [-0.4, -0.2) is 21.9 Å². The Labute approximate surface area is 206 Å². The molecule has 0 radical (unpaired) electrons. The van der Waals surface area contributed by atoms with Crippen LogP contribution in [0.4, 0.5) is 16.0 Å². The number of hydrogen-bond acceptors (Lipinski definition) is 4. The molecule has 0 amide bonds. The fraction of sp³-hybridized carbons (Fsp3) is 0.440. The van der Waals surface area contributed by atoms with E-state index in [4.69, 9.17) is 26.4 Å². The molecular formula is C25H31Cl2FN4O. The van der Waals surface area contributed by atoms with Crippen LogP contribution < -0.4 is 9.64 Å². The zero-order chi connectivity index (χ0) is 22.8. The monoisotopic (exact) mass is 492 g/mol. The number of rotatable bonds is 9. The summed E-state index contributed by atoms with van der Waals surface area (Å²) in [5, 5.41) is 5.37. The van der Waals surface area contributed by atoms with Gasteiger partial charge >= 0.3 is 0 Å². The number of nitrogens with zero attached hydrogens (tertiary/aromatic N) is 4. The summed E-state index contributed by atoms with van der Waals surface area (Å²) < 4.78 is 21.9. The summed E-state index contributed by atoms with van der Waals surface area (Å²) in [7, 11) is 1.62. The van der Waals surface area contributed by atoms with Crippen LogP contribution in [0.3, 0.4) is 0 Å². The van der Waals surface area contributed by atoms with Gasteiger partial charge in [0.2, 0.25) is 5.95 Å². The van der Waals surface area contributed by atoms with Crippen LogP contribution in [0.15, 0.2) is 36.4 Å². The first-order valence-corrected chi connectivity index (χ1v) is 11.6. The van der Waals surface area contributed by atoms with Crippen molar-refractivity contribution in [2.75, 3.05) is 12.0 Å². The molecule has 0 unspecified atom stereocenters. The molecular weight excluding hydrogens is 462 g/mol. The highest BCUT2D eigenvalue weighted by atomic mass is 35.5. The smallest absolute Gasteiger partial charge is 0.250 e. The molecule has 0 saturated heterocycles. The average molecular weight is 493 g/mol. The van der Waals surface area contributed by atoms with Crippen LogP contribution in [0.2, 0.25) is 5.02 Å². The van der Waals surface area contributed by atoms with Gasteiger partial charge in [-0.25, -0.2) is 9.07 Å². The molecule has 0 N–H and O–H groups in total. The third kappa shape index (κ3) is 5.61. The number of ether oxygens (including phenoxy) is 1. The summed E-state index contributed by atoms with van der Waals surface area (Å²) in [4.78, 5) is 6.87. The van der Waals surface area contributed by atoms with Crippen LogP contribution in [-0.2, 0) is 6.54 Å². The number of halogens is 3. The van der Waals surface area contributed by atoms with Gasteiger partial charge in [-0.05, 0) is 61.9 Å². The molecule has 0 spiro atoms. The zero-order valence-corrected chi connectivity index (χ0v) is 21.1. The van der Waals surface area contributed by atoms with E-state index in [2.05, 4.69) is 11.8 Å². The van der Waals surface area contributed by atoms with Gasteiger partial charge in [-0.15, -0.1) is 17.5 Å². The van der Waals surface area contributed by atoms with Crippen LogP contribution in [0.25, 0.3) is 0 Å². The van der Waals surface area contributed by atoms with E-state index in [1.165, 1.54) is 12.8 Å². The molecule has 2 aromatic carbocycles. The summed E-state index contributed by atoms with van der Waals surface area (Å²) in [6.45, 7) is 6.64. The fourth-order valence-corrected chi connectivity index (χ4v) is 4.29. The van der Waals surface area contributed by atoms with Gasteiger partial charge in [0.1, 0.15) is 17.4 Å². The van der Waals surface area contributed by atoms with Crippen LogP contribution in [0.1, 0.15) is 55.6 Å². The number of benzene rings is 2. The largest absolute Gasteiger partial charge is 0.497 e. The Hall–Kier alpha value is -2.31. The van der Waals surface area contributed by atoms with Gasteiger partial charge in [-0.1, -0.05) is 43.5 Å². The number of anilines is 2. The molecule has 1 atom stereocenters. The molecule has 0 bridgehead atoms. The average Bonchev–Trinajstić information content (AvgIpc) is 3.52. The second kappa shape index (κ2) is 10.7. The number of aromatic nitrogens is 3. The van der Waals surface area contributed by atoms with Gasteiger partial charge in [0.05, 0.1) is 23.9 Å².